The maximum absolute atomic E-state index is 13.1. The standard InChI is InChI=1S/C16H24ClFN2O2/c1-10(20-15(21)22-16(3,4)5)9-19-11(2)12-6-7-14(18)13(17)8-12/h6-8,10-11,19H,9H2,1-5H3,(H,20,21). The highest BCUT2D eigenvalue weighted by atomic mass is 35.5. The van der Waals surface area contributed by atoms with Crippen LogP contribution < -0.4 is 10.6 Å². The van der Waals surface area contributed by atoms with Crippen molar-refractivity contribution in [2.75, 3.05) is 6.54 Å². The van der Waals surface area contributed by atoms with E-state index in [2.05, 4.69) is 10.6 Å². The minimum Gasteiger partial charge on any atom is -0.444 e. The Labute approximate surface area is 136 Å². The fourth-order valence-corrected chi connectivity index (χ4v) is 2.00. The number of rotatable bonds is 5. The topological polar surface area (TPSA) is 50.4 Å². The Kier molecular flexibility index (Phi) is 6.63. The summed E-state index contributed by atoms with van der Waals surface area (Å²) in [7, 11) is 0. The van der Waals surface area contributed by atoms with Gasteiger partial charge in [-0.15, -0.1) is 0 Å². The van der Waals surface area contributed by atoms with Crippen molar-refractivity contribution in [2.45, 2.75) is 52.3 Å². The molecule has 2 N–H and O–H groups in total. The number of hydrogen-bond donors (Lipinski definition) is 2. The number of carbonyl (C=O) groups excluding carboxylic acids is 1. The first-order valence-corrected chi connectivity index (χ1v) is 7.64. The summed E-state index contributed by atoms with van der Waals surface area (Å²) in [4.78, 5) is 11.6. The van der Waals surface area contributed by atoms with Gasteiger partial charge in [0.15, 0.2) is 0 Å². The quantitative estimate of drug-likeness (QED) is 0.856. The molecule has 2 atom stereocenters. The second kappa shape index (κ2) is 7.79. The summed E-state index contributed by atoms with van der Waals surface area (Å²) in [6, 6.07) is 4.51. The van der Waals surface area contributed by atoms with E-state index < -0.39 is 17.5 Å². The maximum Gasteiger partial charge on any atom is 0.407 e. The molecule has 0 heterocycles. The molecule has 6 heteroatoms. The van der Waals surface area contributed by atoms with Gasteiger partial charge in [-0.05, 0) is 52.3 Å². The summed E-state index contributed by atoms with van der Waals surface area (Å²) in [5.74, 6) is -0.433. The molecule has 1 rings (SSSR count). The van der Waals surface area contributed by atoms with Gasteiger partial charge in [0, 0.05) is 18.6 Å². The number of carbonyl (C=O) groups is 1. The number of ether oxygens (including phenoxy) is 1. The second-order valence-electron chi connectivity index (χ2n) is 6.35. The number of hydrogen-bond acceptors (Lipinski definition) is 3. The van der Waals surface area contributed by atoms with E-state index in [9.17, 15) is 9.18 Å². The second-order valence-corrected chi connectivity index (χ2v) is 6.76. The maximum atomic E-state index is 13.1. The van der Waals surface area contributed by atoms with Crippen LogP contribution in [0.5, 0.6) is 0 Å². The fourth-order valence-electron chi connectivity index (χ4n) is 1.81. The van der Waals surface area contributed by atoms with E-state index in [4.69, 9.17) is 16.3 Å². The zero-order valence-corrected chi connectivity index (χ0v) is 14.4. The third-order valence-corrected chi connectivity index (χ3v) is 3.23. The largest absolute Gasteiger partial charge is 0.444 e. The number of benzene rings is 1. The van der Waals surface area contributed by atoms with Gasteiger partial charge in [-0.2, -0.15) is 0 Å². The summed E-state index contributed by atoms with van der Waals surface area (Å²) < 4.78 is 18.3. The van der Waals surface area contributed by atoms with Gasteiger partial charge in [0.05, 0.1) is 5.02 Å². The Bertz CT molecular complexity index is 517. The van der Waals surface area contributed by atoms with Crippen molar-refractivity contribution >= 4 is 17.7 Å². The summed E-state index contributed by atoms with van der Waals surface area (Å²) in [6.45, 7) is 9.82. The molecule has 1 amide bonds. The van der Waals surface area contributed by atoms with Crippen molar-refractivity contribution in [2.24, 2.45) is 0 Å². The minimum absolute atomic E-state index is 0.0130. The van der Waals surface area contributed by atoms with Gasteiger partial charge >= 0.3 is 6.09 Å². The molecular weight excluding hydrogens is 307 g/mol. The average Bonchev–Trinajstić information content (AvgIpc) is 2.36. The highest BCUT2D eigenvalue weighted by Crippen LogP contribution is 2.20. The molecule has 4 nitrogen and oxygen atoms in total. The molecule has 0 saturated heterocycles. The molecule has 0 radical (unpaired) electrons. The summed E-state index contributed by atoms with van der Waals surface area (Å²) >= 11 is 5.77. The molecule has 22 heavy (non-hydrogen) atoms. The van der Waals surface area contributed by atoms with Gasteiger partial charge in [-0.3, -0.25) is 0 Å². The van der Waals surface area contributed by atoms with Crippen molar-refractivity contribution in [1.29, 1.82) is 0 Å². The Balaban J connectivity index is 2.44. The smallest absolute Gasteiger partial charge is 0.407 e. The van der Waals surface area contributed by atoms with E-state index >= 15 is 0 Å². The minimum atomic E-state index is -0.518. The van der Waals surface area contributed by atoms with Crippen LogP contribution in [0.1, 0.15) is 46.2 Å². The molecule has 124 valence electrons. The number of amides is 1. The molecule has 0 spiro atoms. The van der Waals surface area contributed by atoms with Gasteiger partial charge in [-0.1, -0.05) is 17.7 Å². The molecule has 0 aliphatic heterocycles. The van der Waals surface area contributed by atoms with E-state index in [1.165, 1.54) is 6.07 Å². The Hall–Kier alpha value is -1.33. The van der Waals surface area contributed by atoms with E-state index in [0.717, 1.165) is 5.56 Å². The summed E-state index contributed by atoms with van der Waals surface area (Å²) in [5.41, 5.74) is 0.367. The zero-order valence-electron chi connectivity index (χ0n) is 13.7. The van der Waals surface area contributed by atoms with Crippen LogP contribution in [-0.4, -0.2) is 24.3 Å². The fraction of sp³-hybridized carbons (Fsp3) is 0.562. The lowest BCUT2D eigenvalue weighted by molar-refractivity contribution is 0.0507. The molecule has 0 bridgehead atoms. The van der Waals surface area contributed by atoms with E-state index in [1.54, 1.807) is 12.1 Å². The van der Waals surface area contributed by atoms with Crippen molar-refractivity contribution in [3.8, 4) is 0 Å². The molecule has 1 aromatic rings. The Morgan fingerprint density at radius 1 is 1.36 bits per heavy atom. The van der Waals surface area contributed by atoms with Crippen LogP contribution in [0.15, 0.2) is 18.2 Å². The first-order chi connectivity index (χ1) is 10.1. The zero-order chi connectivity index (χ0) is 16.9. The van der Waals surface area contributed by atoms with Gasteiger partial charge in [-0.25, -0.2) is 9.18 Å². The molecule has 0 aliphatic carbocycles. The van der Waals surface area contributed by atoms with Gasteiger partial charge in [0.2, 0.25) is 0 Å². The van der Waals surface area contributed by atoms with Gasteiger partial charge < -0.3 is 15.4 Å². The molecule has 0 saturated carbocycles. The molecule has 0 aliphatic rings. The van der Waals surface area contributed by atoms with E-state index in [0.29, 0.717) is 6.54 Å². The van der Waals surface area contributed by atoms with Crippen LogP contribution in [0.25, 0.3) is 0 Å². The van der Waals surface area contributed by atoms with Gasteiger partial charge in [0.25, 0.3) is 0 Å². The van der Waals surface area contributed by atoms with Crippen LogP contribution in [-0.2, 0) is 4.74 Å². The third-order valence-electron chi connectivity index (χ3n) is 2.94. The van der Waals surface area contributed by atoms with Crippen LogP contribution in [0.3, 0.4) is 0 Å². The lowest BCUT2D eigenvalue weighted by Gasteiger charge is -2.23. The highest BCUT2D eigenvalue weighted by molar-refractivity contribution is 6.30. The van der Waals surface area contributed by atoms with Crippen LogP contribution >= 0.6 is 11.6 Å². The predicted octanol–water partition coefficient (Wildman–Crippen LogP) is 4.04. The van der Waals surface area contributed by atoms with Gasteiger partial charge in [0.1, 0.15) is 11.4 Å². The van der Waals surface area contributed by atoms with E-state index in [-0.39, 0.29) is 17.1 Å². The van der Waals surface area contributed by atoms with Crippen molar-refractivity contribution in [3.05, 3.63) is 34.6 Å². The molecular formula is C16H24ClFN2O2. The number of nitrogens with one attached hydrogen (secondary N) is 2. The Morgan fingerprint density at radius 3 is 2.55 bits per heavy atom. The Morgan fingerprint density at radius 2 is 2.00 bits per heavy atom. The van der Waals surface area contributed by atoms with Crippen LogP contribution in [0.2, 0.25) is 5.02 Å². The molecule has 1 aromatic carbocycles. The van der Waals surface area contributed by atoms with Crippen LogP contribution in [0, 0.1) is 5.82 Å². The third kappa shape index (κ3) is 6.62. The summed E-state index contributed by atoms with van der Waals surface area (Å²) in [6.07, 6.45) is -0.445. The summed E-state index contributed by atoms with van der Waals surface area (Å²) in [5, 5.41) is 6.12. The van der Waals surface area contributed by atoms with Crippen LogP contribution in [0.4, 0.5) is 9.18 Å². The normalized spacial score (nSPS) is 14.3. The lowest BCUT2D eigenvalue weighted by Crippen LogP contribution is -2.43. The van der Waals surface area contributed by atoms with E-state index in [1.807, 2.05) is 34.6 Å². The first kappa shape index (κ1) is 18.7. The predicted molar refractivity (Wildman–Crippen MR) is 86.7 cm³/mol. The van der Waals surface area contributed by atoms with Crippen molar-refractivity contribution < 1.29 is 13.9 Å². The lowest BCUT2D eigenvalue weighted by atomic mass is 10.1. The first-order valence-electron chi connectivity index (χ1n) is 7.26. The SMILES string of the molecule is CC(CNC(C)c1ccc(F)c(Cl)c1)NC(=O)OC(C)(C)C. The molecule has 0 aromatic heterocycles. The molecule has 0 fully saturated rings. The van der Waals surface area contributed by atoms with Crippen molar-refractivity contribution in [1.82, 2.24) is 10.6 Å². The number of halogens is 2. The number of alkyl carbamates (subject to hydrolysis) is 1. The molecule has 2 unspecified atom stereocenters. The van der Waals surface area contributed by atoms with Crippen molar-refractivity contribution in [3.63, 3.8) is 0 Å². The average molecular weight is 331 g/mol. The highest BCUT2D eigenvalue weighted by Gasteiger charge is 2.18. The monoisotopic (exact) mass is 330 g/mol.